The highest BCUT2D eigenvalue weighted by Gasteiger charge is 2.48. The summed E-state index contributed by atoms with van der Waals surface area (Å²) in [4.78, 5) is 2.55. The molecule has 1 fully saturated rings. The maximum atomic E-state index is 6.58. The molecule has 2 heterocycles. The molecule has 0 aromatic heterocycles. The summed E-state index contributed by atoms with van der Waals surface area (Å²) in [7, 11) is 3.35. The van der Waals surface area contributed by atoms with Crippen molar-refractivity contribution in [2.75, 3.05) is 33.9 Å². The van der Waals surface area contributed by atoms with Crippen LogP contribution in [0.15, 0.2) is 97.1 Å². The zero-order chi connectivity index (χ0) is 26.7. The van der Waals surface area contributed by atoms with Gasteiger partial charge in [0, 0.05) is 37.0 Å². The number of hydrogen-bond acceptors (Lipinski definition) is 5. The molecule has 5 nitrogen and oxygen atoms in total. The Balaban J connectivity index is 1.28. The standard InChI is InChI=1S/C34H35NO4/c1-36-32-15-13-25(19-33(32)37-2)17-18-35-22-29-21-34(24-35,27-11-7-4-8-12-27)30-20-28(14-16-31(30)39-29)38-23-26-9-5-3-6-10-26/h3-16,19-20,29H,17-18,21-24H2,1-2H3. The summed E-state index contributed by atoms with van der Waals surface area (Å²) in [6.45, 7) is 3.31. The van der Waals surface area contributed by atoms with Crippen molar-refractivity contribution in [2.24, 2.45) is 0 Å². The molecule has 2 aliphatic rings. The number of hydrogen-bond donors (Lipinski definition) is 0. The first-order valence-corrected chi connectivity index (χ1v) is 13.6. The molecular formula is C34H35NO4. The van der Waals surface area contributed by atoms with E-state index in [9.17, 15) is 0 Å². The molecule has 0 spiro atoms. The van der Waals surface area contributed by atoms with Crippen molar-refractivity contribution >= 4 is 0 Å². The maximum Gasteiger partial charge on any atom is 0.160 e. The molecule has 1 saturated heterocycles. The lowest BCUT2D eigenvalue weighted by Crippen LogP contribution is -2.56. The van der Waals surface area contributed by atoms with Crippen LogP contribution < -0.4 is 18.9 Å². The monoisotopic (exact) mass is 521 g/mol. The van der Waals surface area contributed by atoms with Crippen LogP contribution in [0.5, 0.6) is 23.0 Å². The van der Waals surface area contributed by atoms with Crippen LogP contribution in [0, 0.1) is 0 Å². The molecule has 5 heteroatoms. The molecule has 2 atom stereocenters. The predicted molar refractivity (Wildman–Crippen MR) is 153 cm³/mol. The molecule has 0 saturated carbocycles. The van der Waals surface area contributed by atoms with Gasteiger partial charge in [0.2, 0.25) is 0 Å². The first kappa shape index (κ1) is 25.3. The average Bonchev–Trinajstić information content (AvgIpc) is 3.00. The van der Waals surface area contributed by atoms with Crippen LogP contribution in [0.4, 0.5) is 0 Å². The fourth-order valence-corrected chi connectivity index (χ4v) is 6.14. The van der Waals surface area contributed by atoms with E-state index in [1.165, 1.54) is 16.7 Å². The van der Waals surface area contributed by atoms with Crippen molar-refractivity contribution in [3.63, 3.8) is 0 Å². The van der Waals surface area contributed by atoms with Crippen molar-refractivity contribution < 1.29 is 18.9 Å². The number of ether oxygens (including phenoxy) is 4. The van der Waals surface area contributed by atoms with Crippen LogP contribution in [0.2, 0.25) is 0 Å². The topological polar surface area (TPSA) is 40.2 Å². The molecule has 4 aromatic carbocycles. The summed E-state index contributed by atoms with van der Waals surface area (Å²) < 4.78 is 23.8. The minimum Gasteiger partial charge on any atom is -0.493 e. The highest BCUT2D eigenvalue weighted by atomic mass is 16.5. The molecule has 2 bridgehead atoms. The van der Waals surface area contributed by atoms with Crippen molar-refractivity contribution in [1.29, 1.82) is 0 Å². The second-order valence-electron chi connectivity index (χ2n) is 10.5. The summed E-state index contributed by atoms with van der Waals surface area (Å²) in [6.07, 6.45) is 2.01. The second-order valence-corrected chi connectivity index (χ2v) is 10.5. The third-order valence-electron chi connectivity index (χ3n) is 8.03. The molecular weight excluding hydrogens is 486 g/mol. The number of likely N-dealkylation sites (tertiary alicyclic amines) is 1. The van der Waals surface area contributed by atoms with E-state index in [4.69, 9.17) is 18.9 Å². The molecule has 2 aliphatic heterocycles. The van der Waals surface area contributed by atoms with Crippen molar-refractivity contribution in [3.8, 4) is 23.0 Å². The van der Waals surface area contributed by atoms with Gasteiger partial charge in [-0.25, -0.2) is 0 Å². The van der Waals surface area contributed by atoms with Gasteiger partial charge in [-0.3, -0.25) is 4.90 Å². The Hall–Kier alpha value is -3.96. The Bertz CT molecular complexity index is 1410. The summed E-state index contributed by atoms with van der Waals surface area (Å²) >= 11 is 0. The van der Waals surface area contributed by atoms with E-state index in [2.05, 4.69) is 71.6 Å². The number of fused-ring (bicyclic) bond motifs is 4. The third kappa shape index (κ3) is 5.19. The lowest BCUT2D eigenvalue weighted by Gasteiger charge is -2.50. The quantitative estimate of drug-likeness (QED) is 0.259. The smallest absolute Gasteiger partial charge is 0.160 e. The molecule has 0 aliphatic carbocycles. The van der Waals surface area contributed by atoms with Crippen LogP contribution >= 0.6 is 0 Å². The van der Waals surface area contributed by atoms with E-state index < -0.39 is 0 Å². The van der Waals surface area contributed by atoms with E-state index >= 15 is 0 Å². The van der Waals surface area contributed by atoms with Crippen LogP contribution in [0.3, 0.4) is 0 Å². The van der Waals surface area contributed by atoms with Crippen molar-refractivity contribution in [1.82, 2.24) is 4.90 Å². The summed E-state index contributed by atoms with van der Waals surface area (Å²) in [6, 6.07) is 33.8. The van der Waals surface area contributed by atoms with Gasteiger partial charge in [0.25, 0.3) is 0 Å². The zero-order valence-electron chi connectivity index (χ0n) is 22.6. The summed E-state index contributed by atoms with van der Waals surface area (Å²) in [5.41, 5.74) is 4.77. The molecule has 6 rings (SSSR count). The van der Waals surface area contributed by atoms with E-state index in [1.54, 1.807) is 14.2 Å². The van der Waals surface area contributed by atoms with Crippen LogP contribution in [0.1, 0.15) is 28.7 Å². The van der Waals surface area contributed by atoms with Crippen molar-refractivity contribution in [3.05, 3.63) is 119 Å². The normalized spacial score (nSPS) is 20.0. The molecule has 2 unspecified atom stereocenters. The highest BCUT2D eigenvalue weighted by Crippen LogP contribution is 2.49. The van der Waals surface area contributed by atoms with Gasteiger partial charge in [0.1, 0.15) is 24.2 Å². The number of nitrogens with zero attached hydrogens (tertiary/aromatic N) is 1. The lowest BCUT2D eigenvalue weighted by atomic mass is 9.66. The minimum atomic E-state index is -0.165. The predicted octanol–water partition coefficient (Wildman–Crippen LogP) is 6.28. The second kappa shape index (κ2) is 11.0. The Labute approximate surface area is 230 Å². The number of methoxy groups -OCH3 is 2. The molecule has 0 N–H and O–H groups in total. The van der Waals surface area contributed by atoms with Crippen LogP contribution in [-0.2, 0) is 18.4 Å². The maximum absolute atomic E-state index is 6.58. The minimum absolute atomic E-state index is 0.132. The SMILES string of the molecule is COc1ccc(CCN2CC3CC(c4ccccc4)(C2)c2cc(OCc4ccccc4)ccc2O3)cc1OC. The Morgan fingerprint density at radius 2 is 1.59 bits per heavy atom. The van der Waals surface area contributed by atoms with Gasteiger partial charge >= 0.3 is 0 Å². The summed E-state index contributed by atoms with van der Waals surface area (Å²) in [5, 5.41) is 0. The van der Waals surface area contributed by atoms with E-state index in [0.717, 1.165) is 61.0 Å². The van der Waals surface area contributed by atoms with Gasteiger partial charge in [0.05, 0.1) is 14.2 Å². The lowest BCUT2D eigenvalue weighted by molar-refractivity contribution is 0.0311. The average molecular weight is 522 g/mol. The highest BCUT2D eigenvalue weighted by molar-refractivity contribution is 5.53. The van der Waals surface area contributed by atoms with E-state index in [-0.39, 0.29) is 11.5 Å². The molecule has 39 heavy (non-hydrogen) atoms. The molecule has 0 radical (unpaired) electrons. The first-order valence-electron chi connectivity index (χ1n) is 13.6. The Morgan fingerprint density at radius 3 is 2.36 bits per heavy atom. The third-order valence-corrected chi connectivity index (χ3v) is 8.03. The number of benzene rings is 4. The van der Waals surface area contributed by atoms with Crippen LogP contribution in [0.25, 0.3) is 0 Å². The van der Waals surface area contributed by atoms with Gasteiger partial charge < -0.3 is 18.9 Å². The Kier molecular flexibility index (Phi) is 7.16. The van der Waals surface area contributed by atoms with Gasteiger partial charge in [-0.1, -0.05) is 66.7 Å². The fourth-order valence-electron chi connectivity index (χ4n) is 6.14. The summed E-state index contributed by atoms with van der Waals surface area (Å²) in [5.74, 6) is 3.37. The van der Waals surface area contributed by atoms with Gasteiger partial charge in [-0.15, -0.1) is 0 Å². The Morgan fingerprint density at radius 1 is 0.821 bits per heavy atom. The molecule has 4 aromatic rings. The van der Waals surface area contributed by atoms with E-state index in [1.807, 2.05) is 30.3 Å². The molecule has 200 valence electrons. The van der Waals surface area contributed by atoms with Crippen LogP contribution in [-0.4, -0.2) is 44.9 Å². The first-order chi connectivity index (χ1) is 19.2. The fraction of sp³-hybridized carbons (Fsp3) is 0.294. The molecule has 0 amide bonds. The largest absolute Gasteiger partial charge is 0.493 e. The van der Waals surface area contributed by atoms with E-state index in [0.29, 0.717) is 6.61 Å². The number of rotatable bonds is 9. The van der Waals surface area contributed by atoms with Crippen molar-refractivity contribution in [2.45, 2.75) is 31.0 Å². The van der Waals surface area contributed by atoms with Gasteiger partial charge in [-0.2, -0.15) is 0 Å². The number of piperidine rings is 1. The van der Waals surface area contributed by atoms with Gasteiger partial charge in [0.15, 0.2) is 11.5 Å². The van der Waals surface area contributed by atoms with Gasteiger partial charge in [-0.05, 0) is 53.4 Å². The zero-order valence-corrected chi connectivity index (χ0v) is 22.6.